The Morgan fingerprint density at radius 3 is 1.96 bits per heavy atom. The van der Waals surface area contributed by atoms with Gasteiger partial charge in [-0.05, 0) is 114 Å². The van der Waals surface area contributed by atoms with E-state index in [1.807, 2.05) is 142 Å². The molecule has 0 saturated heterocycles. The molecule has 0 amide bonds. The molecule has 7 nitrogen and oxygen atoms in total. The molecule has 0 saturated carbocycles. The smallest absolute Gasteiger partial charge is 0.135 e. The molecule has 0 unspecified atom stereocenters. The molecular formula is C64H55N6OPt-3. The van der Waals surface area contributed by atoms with E-state index in [1.165, 1.54) is 12.1 Å². The van der Waals surface area contributed by atoms with Gasteiger partial charge in [0, 0.05) is 85.6 Å². The van der Waals surface area contributed by atoms with Crippen molar-refractivity contribution < 1.29 is 38.1 Å². The summed E-state index contributed by atoms with van der Waals surface area (Å²) in [6, 6.07) is 53.6. The molecule has 12 rings (SSSR count). The predicted octanol–water partition coefficient (Wildman–Crippen LogP) is 16.6. The van der Waals surface area contributed by atoms with Gasteiger partial charge in [-0.2, -0.15) is 12.1 Å². The molecule has 1 aliphatic heterocycles. The summed E-state index contributed by atoms with van der Waals surface area (Å²) in [5.41, 5.74) is 4.12. The minimum absolute atomic E-state index is 0. The van der Waals surface area contributed by atoms with E-state index >= 15 is 0 Å². The van der Waals surface area contributed by atoms with Crippen LogP contribution in [0.1, 0.15) is 91.1 Å². The maximum Gasteiger partial charge on any atom is 0.135 e. The third-order valence-corrected chi connectivity index (χ3v) is 13.6. The molecule has 0 aliphatic carbocycles. The van der Waals surface area contributed by atoms with Crippen molar-refractivity contribution in [3.05, 3.63) is 200 Å². The third kappa shape index (κ3) is 7.95. The van der Waals surface area contributed by atoms with Gasteiger partial charge < -0.3 is 18.8 Å². The van der Waals surface area contributed by atoms with Crippen LogP contribution in [-0.2, 0) is 37.3 Å². The van der Waals surface area contributed by atoms with Gasteiger partial charge in [0.2, 0.25) is 0 Å². The topological polar surface area (TPSA) is 61.0 Å². The van der Waals surface area contributed by atoms with Crippen molar-refractivity contribution in [2.75, 3.05) is 4.90 Å². The van der Waals surface area contributed by atoms with Gasteiger partial charge in [0.15, 0.2) is 0 Å². The number of hydrogen-bond acceptors (Lipinski definition) is 5. The van der Waals surface area contributed by atoms with E-state index in [-0.39, 0.29) is 32.0 Å². The number of pyridine rings is 3. The van der Waals surface area contributed by atoms with Crippen molar-refractivity contribution in [3.63, 3.8) is 0 Å². The fourth-order valence-electron chi connectivity index (χ4n) is 10.0. The number of nitrogens with zero attached hydrogens (tertiary/aromatic N) is 6. The Morgan fingerprint density at radius 1 is 0.528 bits per heavy atom. The van der Waals surface area contributed by atoms with Crippen molar-refractivity contribution in [1.29, 1.82) is 0 Å². The van der Waals surface area contributed by atoms with E-state index in [4.69, 9.17) is 32.0 Å². The normalized spacial score (nSPS) is 15.1. The first-order valence-corrected chi connectivity index (χ1v) is 23.7. The molecular weight excluding hydrogens is 1060 g/mol. The Kier molecular flexibility index (Phi) is 9.01. The second kappa shape index (κ2) is 17.4. The molecule has 0 N–H and O–H groups in total. The molecule has 0 radical (unpaired) electrons. The molecule has 0 spiro atoms. The van der Waals surface area contributed by atoms with Gasteiger partial charge in [0.05, 0.1) is 5.52 Å². The number of benzene rings is 6. The first-order valence-electron chi connectivity index (χ1n) is 28.2. The second-order valence-corrected chi connectivity index (χ2v) is 20.4. The van der Waals surface area contributed by atoms with Crippen LogP contribution in [0.15, 0.2) is 164 Å². The van der Waals surface area contributed by atoms with Crippen LogP contribution in [0.5, 0.6) is 11.5 Å². The van der Waals surface area contributed by atoms with E-state index < -0.39 is 31.4 Å². The summed E-state index contributed by atoms with van der Waals surface area (Å²) in [6.07, 6.45) is 5.37. The molecule has 8 heteroatoms. The minimum Gasteiger partial charge on any atom is -0.509 e. The van der Waals surface area contributed by atoms with E-state index in [9.17, 15) is 0 Å². The number of para-hydroxylation sites is 2. The molecule has 0 bridgehead atoms. The molecule has 11 aromatic rings. The van der Waals surface area contributed by atoms with Crippen LogP contribution in [0.25, 0.3) is 82.4 Å². The van der Waals surface area contributed by atoms with E-state index in [2.05, 4.69) is 72.4 Å². The van der Waals surface area contributed by atoms with Gasteiger partial charge in [-0.3, -0.25) is 9.97 Å². The van der Waals surface area contributed by atoms with Gasteiger partial charge in [-0.1, -0.05) is 158 Å². The van der Waals surface area contributed by atoms with Gasteiger partial charge in [-0.15, -0.1) is 35.7 Å². The third-order valence-electron chi connectivity index (χ3n) is 13.6. The molecule has 6 heterocycles. The predicted molar refractivity (Wildman–Crippen MR) is 294 cm³/mol. The van der Waals surface area contributed by atoms with E-state index in [0.717, 1.165) is 60.4 Å². The van der Waals surface area contributed by atoms with Crippen LogP contribution in [0.2, 0.25) is 0 Å². The zero-order valence-electron chi connectivity index (χ0n) is 49.6. The van der Waals surface area contributed by atoms with Crippen LogP contribution in [-0.4, -0.2) is 24.1 Å². The zero-order chi connectivity index (χ0) is 56.5. The quantitative estimate of drug-likeness (QED) is 0.161. The molecule has 5 aromatic heterocycles. The molecule has 6 aromatic carbocycles. The van der Waals surface area contributed by atoms with Crippen LogP contribution < -0.4 is 9.64 Å². The monoisotopic (exact) mass is 1130 g/mol. The average molecular weight is 1130 g/mol. The van der Waals surface area contributed by atoms with Crippen LogP contribution in [0, 0.1) is 18.8 Å². The summed E-state index contributed by atoms with van der Waals surface area (Å²) in [6.45, 7) is 3.81. The van der Waals surface area contributed by atoms with Gasteiger partial charge in [0.25, 0.3) is 0 Å². The van der Waals surface area contributed by atoms with Gasteiger partial charge >= 0.3 is 0 Å². The Balaban J connectivity index is 0.00000690. The fourth-order valence-corrected chi connectivity index (χ4v) is 10.0. The fraction of sp³-hybridized carbons (Fsp3) is 0.188. The van der Waals surface area contributed by atoms with Crippen LogP contribution >= 0.6 is 0 Å². The van der Waals surface area contributed by atoms with Crippen molar-refractivity contribution in [3.8, 4) is 28.4 Å². The summed E-state index contributed by atoms with van der Waals surface area (Å²) in [5, 5.41) is 5.23. The van der Waals surface area contributed by atoms with Gasteiger partial charge in [0.1, 0.15) is 5.82 Å². The SMILES string of the molecule is [2H]C([2H])([2H])C(c1cc(-c2cccc3c4cccnc4c4ccccc4c4nccc5c4n(c23)[CH-]N5c2[c-]c(Oc3[c-]c4c(cc3)c3ccccc3n4-c3cc(C(C)(C)C)ccn3)ccc2)cc(C(C)(C)C)c1)(C([2H])([2H])[2H])C([2H])([2H])[2H].[Pt]. The summed E-state index contributed by atoms with van der Waals surface area (Å²) in [5.74, 6) is 1.68. The summed E-state index contributed by atoms with van der Waals surface area (Å²) in [4.78, 5) is 17.0. The van der Waals surface area contributed by atoms with E-state index in [1.54, 1.807) is 12.4 Å². The van der Waals surface area contributed by atoms with Crippen LogP contribution in [0.3, 0.4) is 0 Å². The standard InChI is InChI=1S/C64H55N6O.Pt/c1-62(2,3)41-28-31-65-57(36-41)70-54-25-13-12-19-48(54)49-27-26-46(38-56(49)70)71-45-18-14-17-44(37-45)68-39-69-60-47(40-33-42(63(4,5)6)35-43(34-40)64(7,8)9)22-15-23-53(60)52-24-16-30-66-58(52)50-20-10-11-21-51(50)59-61(69)55(68)29-32-67-59;/h10-36,39H,1-9H3;/q-3;/i4D3,5D3,6D3;. The Bertz CT molecular complexity index is 4360. The molecule has 72 heavy (non-hydrogen) atoms. The first-order chi connectivity index (χ1) is 37.8. The van der Waals surface area contributed by atoms with Gasteiger partial charge in [-0.25, -0.2) is 4.98 Å². The van der Waals surface area contributed by atoms with Crippen molar-refractivity contribution in [2.24, 2.45) is 0 Å². The summed E-state index contributed by atoms with van der Waals surface area (Å²) in [7, 11) is 0. The molecule has 1 aliphatic rings. The Labute approximate surface area is 448 Å². The number of ether oxygens (including phenoxy) is 1. The van der Waals surface area contributed by atoms with Crippen molar-refractivity contribution in [2.45, 2.75) is 78.3 Å². The largest absolute Gasteiger partial charge is 0.509 e. The minimum atomic E-state index is -3.49. The molecule has 0 fully saturated rings. The average Bonchev–Trinajstić information content (AvgIpc) is 4.19. The Morgan fingerprint density at radius 2 is 1.18 bits per heavy atom. The van der Waals surface area contributed by atoms with Crippen molar-refractivity contribution in [1.82, 2.24) is 24.1 Å². The van der Waals surface area contributed by atoms with Crippen molar-refractivity contribution >= 4 is 76.8 Å². The van der Waals surface area contributed by atoms with Crippen LogP contribution in [0.4, 0.5) is 11.4 Å². The summed E-state index contributed by atoms with van der Waals surface area (Å²) < 4.78 is 89.9. The second-order valence-electron chi connectivity index (χ2n) is 20.4. The number of anilines is 2. The first kappa shape index (κ1) is 37.3. The maximum absolute atomic E-state index is 8.77. The molecule has 0 atom stereocenters. The zero-order valence-corrected chi connectivity index (χ0v) is 42.8. The van der Waals surface area contributed by atoms with E-state index in [0.29, 0.717) is 55.9 Å². The number of rotatable bonds is 5. The number of aromatic nitrogens is 5. The number of fused-ring (bicyclic) bond motifs is 10. The number of hydrogen-bond donors (Lipinski definition) is 0. The summed E-state index contributed by atoms with van der Waals surface area (Å²) >= 11 is 0. The Hall–Kier alpha value is -7.47. The molecule has 360 valence electrons. The maximum atomic E-state index is 8.77.